The second kappa shape index (κ2) is 17.7. The van der Waals surface area contributed by atoms with Crippen molar-refractivity contribution in [3.63, 3.8) is 0 Å². The van der Waals surface area contributed by atoms with Gasteiger partial charge in [0.05, 0.1) is 32.0 Å². The SMILES string of the molecule is CC(CC(C)C)=NCCN1CCN(CC(O)COCCCOCC(O)CN2CCNCC2)CC1. The van der Waals surface area contributed by atoms with E-state index in [0.29, 0.717) is 45.4 Å². The summed E-state index contributed by atoms with van der Waals surface area (Å²) in [6.07, 6.45) is 0.950. The van der Waals surface area contributed by atoms with E-state index in [-0.39, 0.29) is 0 Å². The number of aliphatic imine (C=N–C) groups is 1. The van der Waals surface area contributed by atoms with Gasteiger partial charge in [0, 0.05) is 90.9 Å². The summed E-state index contributed by atoms with van der Waals surface area (Å²) in [4.78, 5) is 11.7. The second-order valence-electron chi connectivity index (χ2n) is 10.2. The molecule has 0 aromatic carbocycles. The monoisotopic (exact) mass is 485 g/mol. The van der Waals surface area contributed by atoms with Gasteiger partial charge in [0.2, 0.25) is 0 Å². The van der Waals surface area contributed by atoms with Crippen LogP contribution in [-0.4, -0.2) is 148 Å². The molecule has 2 aliphatic heterocycles. The fourth-order valence-electron chi connectivity index (χ4n) is 4.53. The van der Waals surface area contributed by atoms with Gasteiger partial charge in [-0.25, -0.2) is 0 Å². The van der Waals surface area contributed by atoms with Crippen LogP contribution in [0.15, 0.2) is 4.99 Å². The standard InChI is InChI=1S/C25H51N5O4/c1-22(2)17-23(3)27-7-10-28-11-13-30(14-12-28)19-25(32)21-34-16-4-15-33-20-24(31)18-29-8-5-26-6-9-29/h22,24-26,31-32H,4-21H2,1-3H3. The second-order valence-corrected chi connectivity index (χ2v) is 10.2. The first-order valence-corrected chi connectivity index (χ1v) is 13.3. The van der Waals surface area contributed by atoms with Gasteiger partial charge in [-0.2, -0.15) is 0 Å². The molecule has 2 atom stereocenters. The highest BCUT2D eigenvalue weighted by atomic mass is 16.5. The van der Waals surface area contributed by atoms with Crippen molar-refractivity contribution in [2.24, 2.45) is 10.9 Å². The van der Waals surface area contributed by atoms with Crippen LogP contribution < -0.4 is 5.32 Å². The summed E-state index contributed by atoms with van der Waals surface area (Å²) in [6, 6.07) is 0. The van der Waals surface area contributed by atoms with E-state index in [9.17, 15) is 10.2 Å². The molecule has 2 rings (SSSR count). The maximum absolute atomic E-state index is 10.3. The number of rotatable bonds is 17. The first-order chi connectivity index (χ1) is 16.4. The Balaban J connectivity index is 1.41. The van der Waals surface area contributed by atoms with Crippen LogP contribution in [-0.2, 0) is 9.47 Å². The molecule has 2 heterocycles. The lowest BCUT2D eigenvalue weighted by molar-refractivity contribution is -0.0103. The van der Waals surface area contributed by atoms with E-state index < -0.39 is 12.2 Å². The molecule has 9 heteroatoms. The number of aliphatic hydroxyl groups excluding tert-OH is 2. The van der Waals surface area contributed by atoms with Crippen molar-refractivity contribution in [3.8, 4) is 0 Å². The minimum absolute atomic E-state index is 0.357. The van der Waals surface area contributed by atoms with Crippen LogP contribution in [0.4, 0.5) is 0 Å². The summed E-state index contributed by atoms with van der Waals surface area (Å²) < 4.78 is 11.2. The molecular weight excluding hydrogens is 434 g/mol. The number of β-amino-alcohol motifs (C(OH)–C–C–N with tert-alkyl or cyclic N) is 2. The van der Waals surface area contributed by atoms with Crippen LogP contribution in [0, 0.1) is 5.92 Å². The zero-order valence-corrected chi connectivity index (χ0v) is 22.0. The highest BCUT2D eigenvalue weighted by Crippen LogP contribution is 2.05. The number of piperazine rings is 2. The Morgan fingerprint density at radius 1 is 0.853 bits per heavy atom. The van der Waals surface area contributed by atoms with Crippen LogP contribution in [0.5, 0.6) is 0 Å². The minimum Gasteiger partial charge on any atom is -0.389 e. The molecule has 2 fully saturated rings. The summed E-state index contributed by atoms with van der Waals surface area (Å²) in [6.45, 7) is 19.6. The summed E-state index contributed by atoms with van der Waals surface area (Å²) >= 11 is 0. The van der Waals surface area contributed by atoms with Crippen molar-refractivity contribution in [1.29, 1.82) is 0 Å². The highest BCUT2D eigenvalue weighted by Gasteiger charge is 2.19. The van der Waals surface area contributed by atoms with Gasteiger partial charge >= 0.3 is 0 Å². The summed E-state index contributed by atoms with van der Waals surface area (Å²) in [5.74, 6) is 0.669. The van der Waals surface area contributed by atoms with E-state index in [2.05, 4.69) is 40.8 Å². The van der Waals surface area contributed by atoms with Crippen LogP contribution >= 0.6 is 0 Å². The Hall–Kier alpha value is -0.650. The molecule has 0 saturated carbocycles. The van der Waals surface area contributed by atoms with Gasteiger partial charge in [-0.05, 0) is 25.7 Å². The molecule has 9 nitrogen and oxygen atoms in total. The van der Waals surface area contributed by atoms with Crippen LogP contribution in [0.2, 0.25) is 0 Å². The molecular formula is C25H51N5O4. The maximum atomic E-state index is 10.3. The summed E-state index contributed by atoms with van der Waals surface area (Å²) in [5.41, 5.74) is 1.26. The van der Waals surface area contributed by atoms with E-state index in [1.165, 1.54) is 5.71 Å². The van der Waals surface area contributed by atoms with Gasteiger partial charge in [-0.15, -0.1) is 0 Å². The Morgan fingerprint density at radius 2 is 1.38 bits per heavy atom. The molecule has 0 aromatic heterocycles. The Morgan fingerprint density at radius 3 is 1.94 bits per heavy atom. The molecule has 3 N–H and O–H groups in total. The van der Waals surface area contributed by atoms with Crippen molar-refractivity contribution < 1.29 is 19.7 Å². The average molecular weight is 486 g/mol. The Kier molecular flexibility index (Phi) is 15.4. The Labute approximate surface area is 207 Å². The van der Waals surface area contributed by atoms with Gasteiger partial charge in [0.1, 0.15) is 0 Å². The van der Waals surface area contributed by atoms with E-state index in [4.69, 9.17) is 14.5 Å². The van der Waals surface area contributed by atoms with E-state index in [1.54, 1.807) is 0 Å². The topological polar surface area (TPSA) is 93.0 Å². The van der Waals surface area contributed by atoms with Crippen LogP contribution in [0.3, 0.4) is 0 Å². The number of nitrogens with zero attached hydrogens (tertiary/aromatic N) is 4. The van der Waals surface area contributed by atoms with Gasteiger partial charge in [0.25, 0.3) is 0 Å². The van der Waals surface area contributed by atoms with E-state index in [1.807, 2.05) is 0 Å². The highest BCUT2D eigenvalue weighted by molar-refractivity contribution is 5.82. The van der Waals surface area contributed by atoms with Crippen molar-refractivity contribution in [3.05, 3.63) is 0 Å². The van der Waals surface area contributed by atoms with Crippen molar-refractivity contribution in [1.82, 2.24) is 20.0 Å². The average Bonchev–Trinajstić information content (AvgIpc) is 2.80. The van der Waals surface area contributed by atoms with Crippen molar-refractivity contribution >= 4 is 5.71 Å². The molecule has 0 radical (unpaired) electrons. The van der Waals surface area contributed by atoms with Crippen molar-refractivity contribution in [2.75, 3.05) is 105 Å². The normalized spacial score (nSPS) is 21.3. The maximum Gasteiger partial charge on any atom is 0.0900 e. The van der Waals surface area contributed by atoms with Gasteiger partial charge < -0.3 is 25.0 Å². The zero-order valence-electron chi connectivity index (χ0n) is 22.0. The van der Waals surface area contributed by atoms with Gasteiger partial charge in [-0.3, -0.25) is 19.7 Å². The number of ether oxygens (including phenoxy) is 2. The van der Waals surface area contributed by atoms with E-state index >= 15 is 0 Å². The molecule has 34 heavy (non-hydrogen) atoms. The number of aliphatic hydroxyl groups is 2. The van der Waals surface area contributed by atoms with Crippen LogP contribution in [0.1, 0.15) is 33.6 Å². The molecule has 0 spiro atoms. The molecule has 0 aliphatic carbocycles. The molecule has 2 saturated heterocycles. The first-order valence-electron chi connectivity index (χ1n) is 13.3. The number of nitrogens with one attached hydrogen (secondary N) is 1. The lowest BCUT2D eigenvalue weighted by atomic mass is 10.1. The Bertz CT molecular complexity index is 537. The molecule has 200 valence electrons. The lowest BCUT2D eigenvalue weighted by Crippen LogP contribution is -2.49. The van der Waals surface area contributed by atoms with Crippen molar-refractivity contribution in [2.45, 2.75) is 45.8 Å². The predicted molar refractivity (Wildman–Crippen MR) is 138 cm³/mol. The molecule has 2 unspecified atom stereocenters. The molecule has 0 amide bonds. The third-order valence-electron chi connectivity index (χ3n) is 6.31. The van der Waals surface area contributed by atoms with Gasteiger partial charge in [-0.1, -0.05) is 13.8 Å². The largest absolute Gasteiger partial charge is 0.389 e. The quantitative estimate of drug-likeness (QED) is 0.198. The number of hydrogen-bond acceptors (Lipinski definition) is 9. The third kappa shape index (κ3) is 14.0. The summed E-state index contributed by atoms with van der Waals surface area (Å²) in [5, 5.41) is 23.7. The third-order valence-corrected chi connectivity index (χ3v) is 6.31. The smallest absolute Gasteiger partial charge is 0.0900 e. The van der Waals surface area contributed by atoms with Crippen LogP contribution in [0.25, 0.3) is 0 Å². The lowest BCUT2D eigenvalue weighted by Gasteiger charge is -2.35. The fourth-order valence-corrected chi connectivity index (χ4v) is 4.53. The summed E-state index contributed by atoms with van der Waals surface area (Å²) in [7, 11) is 0. The van der Waals surface area contributed by atoms with Gasteiger partial charge in [0.15, 0.2) is 0 Å². The van der Waals surface area contributed by atoms with E-state index in [0.717, 1.165) is 78.3 Å². The fraction of sp³-hybridized carbons (Fsp3) is 0.960. The predicted octanol–water partition coefficient (Wildman–Crippen LogP) is 0.161. The zero-order chi connectivity index (χ0) is 24.6. The molecule has 2 aliphatic rings. The molecule has 0 bridgehead atoms. The molecule has 0 aromatic rings. The number of hydrogen-bond donors (Lipinski definition) is 3. The first kappa shape index (κ1) is 29.6. The minimum atomic E-state index is -0.461.